The fraction of sp³-hybridized carbons (Fsp3) is 0.500. The average molecular weight is 206 g/mol. The molecule has 0 aliphatic heterocycles. The topological polar surface area (TPSA) is 42.0 Å². The van der Waals surface area contributed by atoms with E-state index < -0.39 is 0 Å². The first kappa shape index (κ1) is 11.9. The van der Waals surface area contributed by atoms with E-state index in [9.17, 15) is 4.79 Å². The molecule has 0 saturated heterocycles. The molecule has 0 radical (unpaired) electrons. The Bertz CT molecular complexity index is 298. The molecule has 1 N–H and O–H groups in total. The molecule has 0 bridgehead atoms. The zero-order valence-electron chi connectivity index (χ0n) is 9.36. The standard InChI is InChI=1S/C12H18N2O/c1-3-13-8-10(2)12(15)7-11-5-4-6-14-9-11/h4-6,9-10,13H,3,7-8H2,1-2H3. The largest absolute Gasteiger partial charge is 0.316 e. The Balaban J connectivity index is 2.42. The van der Waals surface area contributed by atoms with E-state index in [4.69, 9.17) is 0 Å². The number of carbonyl (C=O) groups is 1. The molecule has 0 spiro atoms. The summed E-state index contributed by atoms with van der Waals surface area (Å²) in [5, 5.41) is 3.18. The third-order valence-corrected chi connectivity index (χ3v) is 2.35. The molecule has 3 heteroatoms. The van der Waals surface area contributed by atoms with Crippen molar-refractivity contribution in [2.45, 2.75) is 20.3 Å². The zero-order chi connectivity index (χ0) is 11.1. The molecule has 1 aromatic heterocycles. The van der Waals surface area contributed by atoms with Crippen molar-refractivity contribution in [1.82, 2.24) is 10.3 Å². The van der Waals surface area contributed by atoms with E-state index in [1.165, 1.54) is 0 Å². The molecule has 82 valence electrons. The predicted octanol–water partition coefficient (Wildman–Crippen LogP) is 1.44. The van der Waals surface area contributed by atoms with Gasteiger partial charge in [0.2, 0.25) is 0 Å². The second-order valence-corrected chi connectivity index (χ2v) is 3.71. The molecule has 15 heavy (non-hydrogen) atoms. The maximum absolute atomic E-state index is 11.8. The molecule has 1 aromatic rings. The van der Waals surface area contributed by atoms with Gasteiger partial charge in [-0.3, -0.25) is 9.78 Å². The van der Waals surface area contributed by atoms with Crippen molar-refractivity contribution < 1.29 is 4.79 Å². The van der Waals surface area contributed by atoms with Gasteiger partial charge in [-0.05, 0) is 18.2 Å². The van der Waals surface area contributed by atoms with Crippen LogP contribution in [0.5, 0.6) is 0 Å². The Hall–Kier alpha value is -1.22. The monoisotopic (exact) mass is 206 g/mol. The molecule has 0 aliphatic rings. The van der Waals surface area contributed by atoms with Gasteiger partial charge in [-0.25, -0.2) is 0 Å². The van der Waals surface area contributed by atoms with E-state index in [0.29, 0.717) is 6.42 Å². The van der Waals surface area contributed by atoms with Crippen LogP contribution in [0, 0.1) is 5.92 Å². The minimum atomic E-state index is 0.0742. The SMILES string of the molecule is CCNCC(C)C(=O)Cc1cccnc1. The summed E-state index contributed by atoms with van der Waals surface area (Å²) in [6.07, 6.45) is 3.95. The van der Waals surface area contributed by atoms with Crippen molar-refractivity contribution in [3.63, 3.8) is 0 Å². The summed E-state index contributed by atoms with van der Waals surface area (Å²) in [6.45, 7) is 5.67. The van der Waals surface area contributed by atoms with Crippen molar-refractivity contribution in [3.8, 4) is 0 Å². The maximum atomic E-state index is 11.8. The summed E-state index contributed by atoms with van der Waals surface area (Å²) in [6, 6.07) is 3.79. The van der Waals surface area contributed by atoms with Gasteiger partial charge in [0.15, 0.2) is 0 Å². The van der Waals surface area contributed by atoms with Crippen LogP contribution in [0.2, 0.25) is 0 Å². The first-order valence-corrected chi connectivity index (χ1v) is 5.36. The summed E-state index contributed by atoms with van der Waals surface area (Å²) in [7, 11) is 0. The second kappa shape index (κ2) is 6.30. The summed E-state index contributed by atoms with van der Waals surface area (Å²) in [5.74, 6) is 0.342. The molecule has 0 aliphatic carbocycles. The number of hydrogen-bond donors (Lipinski definition) is 1. The minimum Gasteiger partial charge on any atom is -0.316 e. The summed E-state index contributed by atoms with van der Waals surface area (Å²) >= 11 is 0. The van der Waals surface area contributed by atoms with E-state index in [1.807, 2.05) is 26.0 Å². The number of hydrogen-bond acceptors (Lipinski definition) is 3. The molecular weight excluding hydrogens is 188 g/mol. The van der Waals surface area contributed by atoms with Crippen LogP contribution in [0.15, 0.2) is 24.5 Å². The Labute approximate surface area is 90.9 Å². The van der Waals surface area contributed by atoms with E-state index in [2.05, 4.69) is 10.3 Å². The number of ketones is 1. The van der Waals surface area contributed by atoms with Crippen LogP contribution in [-0.4, -0.2) is 23.9 Å². The van der Waals surface area contributed by atoms with Crippen molar-refractivity contribution in [2.75, 3.05) is 13.1 Å². The van der Waals surface area contributed by atoms with Gasteiger partial charge in [-0.1, -0.05) is 19.9 Å². The number of nitrogens with one attached hydrogen (secondary N) is 1. The lowest BCUT2D eigenvalue weighted by Gasteiger charge is -2.10. The maximum Gasteiger partial charge on any atom is 0.141 e. The molecule has 0 aromatic carbocycles. The highest BCUT2D eigenvalue weighted by atomic mass is 16.1. The normalized spacial score (nSPS) is 12.4. The van der Waals surface area contributed by atoms with E-state index >= 15 is 0 Å². The second-order valence-electron chi connectivity index (χ2n) is 3.71. The van der Waals surface area contributed by atoms with E-state index in [1.54, 1.807) is 12.4 Å². The third-order valence-electron chi connectivity index (χ3n) is 2.35. The zero-order valence-corrected chi connectivity index (χ0v) is 9.36. The van der Waals surface area contributed by atoms with E-state index in [-0.39, 0.29) is 11.7 Å². The average Bonchev–Trinajstić information content (AvgIpc) is 2.27. The molecule has 1 atom stereocenters. The molecule has 1 heterocycles. The Morgan fingerprint density at radius 3 is 3.00 bits per heavy atom. The van der Waals surface area contributed by atoms with Crippen molar-refractivity contribution in [2.24, 2.45) is 5.92 Å². The number of nitrogens with zero attached hydrogens (tertiary/aromatic N) is 1. The molecule has 0 fully saturated rings. The fourth-order valence-electron chi connectivity index (χ4n) is 1.35. The summed E-state index contributed by atoms with van der Waals surface area (Å²) in [4.78, 5) is 15.7. The van der Waals surface area contributed by atoms with E-state index in [0.717, 1.165) is 18.7 Å². The van der Waals surface area contributed by atoms with Gasteiger partial charge in [0.25, 0.3) is 0 Å². The third kappa shape index (κ3) is 4.21. The van der Waals surface area contributed by atoms with Gasteiger partial charge < -0.3 is 5.32 Å². The Kier molecular flexibility index (Phi) is 4.98. The first-order valence-electron chi connectivity index (χ1n) is 5.36. The first-order chi connectivity index (χ1) is 7.24. The van der Waals surface area contributed by atoms with Crippen LogP contribution >= 0.6 is 0 Å². The molecule has 0 amide bonds. The van der Waals surface area contributed by atoms with Crippen LogP contribution in [0.4, 0.5) is 0 Å². The van der Waals surface area contributed by atoms with Crippen LogP contribution < -0.4 is 5.32 Å². The Morgan fingerprint density at radius 1 is 1.60 bits per heavy atom. The molecule has 0 saturated carbocycles. The molecule has 1 rings (SSSR count). The fourth-order valence-corrected chi connectivity index (χ4v) is 1.35. The van der Waals surface area contributed by atoms with Crippen molar-refractivity contribution >= 4 is 5.78 Å². The molecule has 3 nitrogen and oxygen atoms in total. The minimum absolute atomic E-state index is 0.0742. The predicted molar refractivity (Wildman–Crippen MR) is 60.7 cm³/mol. The number of aromatic nitrogens is 1. The Morgan fingerprint density at radius 2 is 2.40 bits per heavy atom. The lowest BCUT2D eigenvalue weighted by atomic mass is 10.0. The number of Topliss-reactive ketones (excluding diaryl/α,β-unsaturated/α-hetero) is 1. The summed E-state index contributed by atoms with van der Waals surface area (Å²) in [5.41, 5.74) is 0.992. The van der Waals surface area contributed by atoms with Gasteiger partial charge in [0, 0.05) is 31.3 Å². The quantitative estimate of drug-likeness (QED) is 0.765. The number of rotatable bonds is 6. The van der Waals surface area contributed by atoms with Crippen LogP contribution in [0.25, 0.3) is 0 Å². The van der Waals surface area contributed by atoms with Gasteiger partial charge in [0.1, 0.15) is 5.78 Å². The van der Waals surface area contributed by atoms with Crippen LogP contribution in [-0.2, 0) is 11.2 Å². The van der Waals surface area contributed by atoms with Gasteiger partial charge in [0.05, 0.1) is 0 Å². The van der Waals surface area contributed by atoms with Crippen molar-refractivity contribution in [1.29, 1.82) is 0 Å². The van der Waals surface area contributed by atoms with Crippen molar-refractivity contribution in [3.05, 3.63) is 30.1 Å². The van der Waals surface area contributed by atoms with Crippen LogP contribution in [0.3, 0.4) is 0 Å². The van der Waals surface area contributed by atoms with Gasteiger partial charge in [-0.15, -0.1) is 0 Å². The number of carbonyl (C=O) groups excluding carboxylic acids is 1. The highest BCUT2D eigenvalue weighted by molar-refractivity contribution is 5.83. The highest BCUT2D eigenvalue weighted by Crippen LogP contribution is 2.04. The van der Waals surface area contributed by atoms with Gasteiger partial charge in [-0.2, -0.15) is 0 Å². The van der Waals surface area contributed by atoms with Gasteiger partial charge >= 0.3 is 0 Å². The lowest BCUT2D eigenvalue weighted by molar-refractivity contribution is -0.121. The highest BCUT2D eigenvalue weighted by Gasteiger charge is 2.12. The summed E-state index contributed by atoms with van der Waals surface area (Å²) < 4.78 is 0. The molecular formula is C12H18N2O. The smallest absolute Gasteiger partial charge is 0.141 e. The number of pyridine rings is 1. The molecule has 1 unspecified atom stereocenters. The van der Waals surface area contributed by atoms with Crippen LogP contribution in [0.1, 0.15) is 19.4 Å². The lowest BCUT2D eigenvalue weighted by Crippen LogP contribution is -2.27.